The first-order valence-electron chi connectivity index (χ1n) is 8.82. The minimum atomic E-state index is 0.147. The summed E-state index contributed by atoms with van der Waals surface area (Å²) < 4.78 is 0. The molecule has 136 valence electrons. The van der Waals surface area contributed by atoms with Gasteiger partial charge in [-0.2, -0.15) is 0 Å². The summed E-state index contributed by atoms with van der Waals surface area (Å²) in [5.41, 5.74) is 7.69. The van der Waals surface area contributed by atoms with Crippen LogP contribution in [0, 0.1) is 23.7 Å². The normalized spacial score (nSPS) is 16.5. The Hall–Kier alpha value is -2.58. The van der Waals surface area contributed by atoms with E-state index in [-0.39, 0.29) is 11.6 Å². The summed E-state index contributed by atoms with van der Waals surface area (Å²) in [6.45, 7) is 15.2. The van der Waals surface area contributed by atoms with Gasteiger partial charge in [-0.15, -0.1) is 11.8 Å². The van der Waals surface area contributed by atoms with Crippen molar-refractivity contribution in [3.8, 4) is 23.7 Å². The smallest absolute Gasteiger partial charge is 0.184 e. The number of carbonyl (C=O) groups is 2. The molecule has 0 spiro atoms. The fraction of sp³-hybridized carbons (Fsp3) is 0.417. The van der Waals surface area contributed by atoms with Crippen LogP contribution in [0.25, 0.3) is 0 Å². The number of rotatable bonds is 2. The average molecular weight is 348 g/mol. The lowest BCUT2D eigenvalue weighted by Gasteiger charge is -2.10. The van der Waals surface area contributed by atoms with Gasteiger partial charge in [-0.25, -0.2) is 0 Å². The zero-order valence-electron chi connectivity index (χ0n) is 17.2. The first-order valence-corrected chi connectivity index (χ1v) is 8.82. The molecular formula is C24H28O2. The number of allylic oxidation sites excluding steroid dienone is 8. The van der Waals surface area contributed by atoms with Crippen LogP contribution in [0.3, 0.4) is 0 Å². The Balaban J connectivity index is 0.000000412. The van der Waals surface area contributed by atoms with E-state index in [9.17, 15) is 9.59 Å². The molecule has 2 aliphatic carbocycles. The van der Waals surface area contributed by atoms with Gasteiger partial charge in [0.2, 0.25) is 0 Å². The predicted octanol–water partition coefficient (Wildman–Crippen LogP) is 5.27. The van der Waals surface area contributed by atoms with Crippen molar-refractivity contribution in [3.63, 3.8) is 0 Å². The van der Waals surface area contributed by atoms with Gasteiger partial charge in [-0.1, -0.05) is 11.8 Å². The van der Waals surface area contributed by atoms with E-state index in [4.69, 9.17) is 0 Å². The Labute approximate surface area is 158 Å². The zero-order valence-corrected chi connectivity index (χ0v) is 17.2. The maximum absolute atomic E-state index is 12.0. The maximum Gasteiger partial charge on any atom is 0.184 e. The molecule has 2 aliphatic rings. The maximum atomic E-state index is 12.0. The van der Waals surface area contributed by atoms with Gasteiger partial charge in [0.25, 0.3) is 0 Å². The Bertz CT molecular complexity index is 817. The molecule has 0 amide bonds. The van der Waals surface area contributed by atoms with Crippen LogP contribution in [0.4, 0.5) is 0 Å². The topological polar surface area (TPSA) is 34.1 Å². The number of carbonyl (C=O) groups excluding carboxylic acids is 2. The molecule has 0 unspecified atom stereocenters. The largest absolute Gasteiger partial charge is 0.289 e. The minimum Gasteiger partial charge on any atom is -0.289 e. The second-order valence-corrected chi connectivity index (χ2v) is 6.57. The summed E-state index contributed by atoms with van der Waals surface area (Å²) in [5.74, 6) is 11.4. The molecule has 2 rings (SSSR count). The highest BCUT2D eigenvalue weighted by molar-refractivity contribution is 6.14. The summed E-state index contributed by atoms with van der Waals surface area (Å²) in [5, 5.41) is 0. The molecule has 0 aromatic carbocycles. The van der Waals surface area contributed by atoms with Gasteiger partial charge in [0, 0.05) is 11.1 Å². The van der Waals surface area contributed by atoms with Crippen LogP contribution in [-0.2, 0) is 9.59 Å². The third-order valence-corrected chi connectivity index (χ3v) is 5.18. The Morgan fingerprint density at radius 3 is 1.15 bits per heavy atom. The molecule has 0 heterocycles. The molecule has 0 aromatic heterocycles. The quantitative estimate of drug-likeness (QED) is 0.637. The van der Waals surface area contributed by atoms with Gasteiger partial charge >= 0.3 is 0 Å². The Morgan fingerprint density at radius 1 is 0.577 bits per heavy atom. The van der Waals surface area contributed by atoms with Crippen molar-refractivity contribution in [2.45, 2.75) is 68.2 Å². The highest BCUT2D eigenvalue weighted by Gasteiger charge is 2.29. The van der Waals surface area contributed by atoms with Crippen molar-refractivity contribution < 1.29 is 9.59 Å². The van der Waals surface area contributed by atoms with E-state index in [1.54, 1.807) is 0 Å². The van der Waals surface area contributed by atoms with E-state index in [1.807, 2.05) is 55.4 Å². The number of hydrogen-bond acceptors (Lipinski definition) is 2. The molecule has 0 aliphatic heterocycles. The Kier molecular flexibility index (Phi) is 7.60. The number of hydrogen-bond donors (Lipinski definition) is 0. The highest BCUT2D eigenvalue weighted by Crippen LogP contribution is 2.39. The van der Waals surface area contributed by atoms with Crippen LogP contribution in [0.2, 0.25) is 0 Å². The van der Waals surface area contributed by atoms with Crippen molar-refractivity contribution >= 4 is 11.6 Å². The van der Waals surface area contributed by atoms with E-state index >= 15 is 0 Å². The third-order valence-electron chi connectivity index (χ3n) is 5.18. The summed E-state index contributed by atoms with van der Waals surface area (Å²) in [6.07, 6.45) is 1.41. The monoisotopic (exact) mass is 348 g/mol. The first-order chi connectivity index (χ1) is 12.2. The second-order valence-electron chi connectivity index (χ2n) is 6.57. The molecular weight excluding hydrogens is 320 g/mol. The van der Waals surface area contributed by atoms with Crippen molar-refractivity contribution in [2.75, 3.05) is 0 Å². The van der Waals surface area contributed by atoms with Gasteiger partial charge in [0.15, 0.2) is 11.6 Å². The van der Waals surface area contributed by atoms with Crippen LogP contribution in [-0.4, -0.2) is 11.6 Å². The average Bonchev–Trinajstić information content (AvgIpc) is 2.92. The molecule has 0 fully saturated rings. The van der Waals surface area contributed by atoms with Gasteiger partial charge < -0.3 is 0 Å². The van der Waals surface area contributed by atoms with E-state index in [0.717, 1.165) is 44.6 Å². The van der Waals surface area contributed by atoms with Crippen molar-refractivity contribution in [1.82, 2.24) is 0 Å². The molecule has 26 heavy (non-hydrogen) atoms. The van der Waals surface area contributed by atoms with Crippen LogP contribution in [0.15, 0.2) is 44.6 Å². The zero-order chi connectivity index (χ0) is 20.0. The van der Waals surface area contributed by atoms with Crippen molar-refractivity contribution in [3.05, 3.63) is 44.6 Å². The molecule has 0 N–H and O–H groups in total. The standard InChI is InChI=1S/C17H20O2.C7H8/c1-8-10(3)16(18)12(5)14(8)7-15-9(2)11(4)17(19)13(15)6;1-3-5-7-6-4-2/h7H2,1-6H3;7H2,1-2H3. The molecule has 0 saturated carbocycles. The number of ketones is 2. The Morgan fingerprint density at radius 2 is 0.923 bits per heavy atom. The molecule has 0 radical (unpaired) electrons. The fourth-order valence-corrected chi connectivity index (χ4v) is 3.12. The lowest BCUT2D eigenvalue weighted by atomic mass is 9.94. The van der Waals surface area contributed by atoms with Crippen molar-refractivity contribution in [1.29, 1.82) is 0 Å². The van der Waals surface area contributed by atoms with Crippen LogP contribution in [0.5, 0.6) is 0 Å². The minimum absolute atomic E-state index is 0.147. The molecule has 2 heteroatoms. The molecule has 0 saturated heterocycles. The van der Waals surface area contributed by atoms with E-state index in [1.165, 1.54) is 0 Å². The van der Waals surface area contributed by atoms with Crippen LogP contribution in [0.1, 0.15) is 68.2 Å². The van der Waals surface area contributed by atoms with Crippen LogP contribution < -0.4 is 0 Å². The predicted molar refractivity (Wildman–Crippen MR) is 108 cm³/mol. The first kappa shape index (κ1) is 21.5. The third kappa shape index (κ3) is 4.33. The summed E-state index contributed by atoms with van der Waals surface area (Å²) in [4.78, 5) is 24.0. The molecule has 0 bridgehead atoms. The number of Topliss-reactive ketones (excluding diaryl/α,β-unsaturated/α-hetero) is 2. The lowest BCUT2D eigenvalue weighted by molar-refractivity contribution is -0.112. The fourth-order valence-electron chi connectivity index (χ4n) is 3.12. The van der Waals surface area contributed by atoms with Gasteiger partial charge in [-0.05, 0) is 95.2 Å². The van der Waals surface area contributed by atoms with Crippen LogP contribution >= 0.6 is 0 Å². The van der Waals surface area contributed by atoms with Crippen molar-refractivity contribution in [2.24, 2.45) is 0 Å². The van der Waals surface area contributed by atoms with E-state index < -0.39 is 0 Å². The molecule has 2 nitrogen and oxygen atoms in total. The molecule has 0 atom stereocenters. The lowest BCUT2D eigenvalue weighted by Crippen LogP contribution is -1.97. The van der Waals surface area contributed by atoms with E-state index in [2.05, 4.69) is 23.7 Å². The summed E-state index contributed by atoms with van der Waals surface area (Å²) in [6, 6.07) is 0. The summed E-state index contributed by atoms with van der Waals surface area (Å²) >= 11 is 0. The highest BCUT2D eigenvalue weighted by atomic mass is 16.1. The van der Waals surface area contributed by atoms with Gasteiger partial charge in [-0.3, -0.25) is 9.59 Å². The van der Waals surface area contributed by atoms with Gasteiger partial charge in [0.05, 0.1) is 6.42 Å². The summed E-state index contributed by atoms with van der Waals surface area (Å²) in [7, 11) is 0. The van der Waals surface area contributed by atoms with Gasteiger partial charge in [0.1, 0.15) is 0 Å². The SMILES string of the molecule is CC#CCC#CC.CC1=C(C)C(CC2=C(C)C(=O)C(C)=C2C)=C(C)C1=O. The second kappa shape index (κ2) is 9.21. The molecule has 0 aromatic rings. The van der Waals surface area contributed by atoms with E-state index in [0.29, 0.717) is 12.8 Å².